The van der Waals surface area contributed by atoms with E-state index in [1.807, 2.05) is 24.3 Å². The van der Waals surface area contributed by atoms with Crippen molar-refractivity contribution in [2.45, 2.75) is 13.0 Å². The molecular formula is C21H24N4O. The number of amides is 1. The second-order valence-electron chi connectivity index (χ2n) is 6.87. The van der Waals surface area contributed by atoms with E-state index in [0.717, 1.165) is 49.4 Å². The topological polar surface area (TPSA) is 73.4 Å². The highest BCUT2D eigenvalue weighted by Gasteiger charge is 2.14. The highest BCUT2D eigenvalue weighted by Crippen LogP contribution is 2.25. The molecule has 2 aromatic carbocycles. The zero-order valence-corrected chi connectivity index (χ0v) is 15.1. The van der Waals surface area contributed by atoms with Gasteiger partial charge in [-0.2, -0.15) is 5.26 Å². The van der Waals surface area contributed by atoms with Crippen molar-refractivity contribution in [1.82, 2.24) is 9.80 Å². The lowest BCUT2D eigenvalue weighted by Gasteiger charge is -2.20. The number of hydrogen-bond acceptors (Lipinski definition) is 4. The molecule has 0 radical (unpaired) electrons. The molecule has 5 nitrogen and oxygen atoms in total. The predicted molar refractivity (Wildman–Crippen MR) is 103 cm³/mol. The summed E-state index contributed by atoms with van der Waals surface area (Å²) >= 11 is 0. The molecule has 1 aliphatic heterocycles. The number of nitrogens with two attached hydrogens (primary N) is 1. The highest BCUT2D eigenvalue weighted by atomic mass is 16.1. The fourth-order valence-corrected chi connectivity index (χ4v) is 3.36. The van der Waals surface area contributed by atoms with E-state index in [1.165, 1.54) is 6.42 Å². The van der Waals surface area contributed by atoms with Crippen LogP contribution in [0.5, 0.6) is 0 Å². The number of carbonyl (C=O) groups is 1. The molecule has 0 unspecified atom stereocenters. The minimum Gasteiger partial charge on any atom is -0.366 e. The lowest BCUT2D eigenvalue weighted by atomic mass is 9.97. The Labute approximate surface area is 154 Å². The average Bonchev–Trinajstić information content (AvgIpc) is 2.86. The van der Waals surface area contributed by atoms with Crippen molar-refractivity contribution in [2.24, 2.45) is 5.73 Å². The molecule has 0 saturated carbocycles. The summed E-state index contributed by atoms with van der Waals surface area (Å²) in [4.78, 5) is 16.0. The van der Waals surface area contributed by atoms with Gasteiger partial charge < -0.3 is 10.6 Å². The SMILES string of the molecule is CN1CCCN(Cc2ccc(-c3ccc(C(N)=O)cc3)c(C#N)c2)CC1. The highest BCUT2D eigenvalue weighted by molar-refractivity contribution is 5.93. The van der Waals surface area contributed by atoms with Crippen LogP contribution in [0.3, 0.4) is 0 Å². The number of carbonyl (C=O) groups excluding carboxylic acids is 1. The fraction of sp³-hybridized carbons (Fsp3) is 0.333. The van der Waals surface area contributed by atoms with Gasteiger partial charge in [0.1, 0.15) is 0 Å². The van der Waals surface area contributed by atoms with Gasteiger partial charge in [0.05, 0.1) is 11.6 Å². The summed E-state index contributed by atoms with van der Waals surface area (Å²) in [6.45, 7) is 5.22. The summed E-state index contributed by atoms with van der Waals surface area (Å²) in [7, 11) is 2.16. The number of hydrogen-bond donors (Lipinski definition) is 1. The van der Waals surface area contributed by atoms with Crippen LogP contribution < -0.4 is 5.73 Å². The molecule has 1 saturated heterocycles. The van der Waals surface area contributed by atoms with Crippen molar-refractivity contribution in [3.8, 4) is 17.2 Å². The van der Waals surface area contributed by atoms with Gasteiger partial charge in [-0.3, -0.25) is 9.69 Å². The summed E-state index contributed by atoms with van der Waals surface area (Å²) in [5.74, 6) is -0.449. The zero-order valence-electron chi connectivity index (χ0n) is 15.1. The summed E-state index contributed by atoms with van der Waals surface area (Å²) in [5.41, 5.74) is 9.35. The van der Waals surface area contributed by atoms with Gasteiger partial charge in [-0.15, -0.1) is 0 Å². The van der Waals surface area contributed by atoms with Gasteiger partial charge in [-0.05, 0) is 61.4 Å². The van der Waals surface area contributed by atoms with Crippen molar-refractivity contribution in [3.05, 3.63) is 59.2 Å². The first-order valence-electron chi connectivity index (χ1n) is 8.91. The van der Waals surface area contributed by atoms with E-state index < -0.39 is 5.91 Å². The summed E-state index contributed by atoms with van der Waals surface area (Å²) in [5, 5.41) is 9.59. The number of likely N-dealkylation sites (N-methyl/N-ethyl adjacent to an activating group) is 1. The molecule has 1 aliphatic rings. The van der Waals surface area contributed by atoms with Gasteiger partial charge >= 0.3 is 0 Å². The predicted octanol–water partition coefficient (Wildman–Crippen LogP) is 2.46. The minimum absolute atomic E-state index is 0.449. The summed E-state index contributed by atoms with van der Waals surface area (Å²) < 4.78 is 0. The molecule has 2 N–H and O–H groups in total. The quantitative estimate of drug-likeness (QED) is 0.921. The molecule has 0 aromatic heterocycles. The fourth-order valence-electron chi connectivity index (χ4n) is 3.36. The molecule has 2 aromatic rings. The van der Waals surface area contributed by atoms with E-state index in [-0.39, 0.29) is 0 Å². The Morgan fingerprint density at radius 2 is 1.88 bits per heavy atom. The van der Waals surface area contributed by atoms with Crippen LogP contribution in [-0.4, -0.2) is 48.9 Å². The van der Waals surface area contributed by atoms with Crippen molar-refractivity contribution in [3.63, 3.8) is 0 Å². The Hall–Kier alpha value is -2.68. The maximum Gasteiger partial charge on any atom is 0.248 e. The van der Waals surface area contributed by atoms with E-state index in [9.17, 15) is 10.1 Å². The van der Waals surface area contributed by atoms with Crippen LogP contribution in [0.4, 0.5) is 0 Å². The van der Waals surface area contributed by atoms with Crippen molar-refractivity contribution in [1.29, 1.82) is 5.26 Å². The summed E-state index contributed by atoms with van der Waals surface area (Å²) in [6.07, 6.45) is 1.17. The molecule has 1 fully saturated rings. The third kappa shape index (κ3) is 4.29. The van der Waals surface area contributed by atoms with Gasteiger partial charge in [0.2, 0.25) is 5.91 Å². The molecule has 1 amide bonds. The third-order valence-corrected chi connectivity index (χ3v) is 4.90. The molecule has 0 atom stereocenters. The van der Waals surface area contributed by atoms with Gasteiger partial charge in [-0.25, -0.2) is 0 Å². The molecule has 5 heteroatoms. The second-order valence-corrected chi connectivity index (χ2v) is 6.87. The minimum atomic E-state index is -0.449. The number of nitrogens with zero attached hydrogens (tertiary/aromatic N) is 3. The number of benzene rings is 2. The Balaban J connectivity index is 1.79. The van der Waals surface area contributed by atoms with E-state index in [1.54, 1.807) is 12.1 Å². The first kappa shape index (κ1) is 18.1. The van der Waals surface area contributed by atoms with E-state index in [0.29, 0.717) is 11.1 Å². The molecule has 0 spiro atoms. The van der Waals surface area contributed by atoms with Crippen LogP contribution >= 0.6 is 0 Å². The molecule has 0 bridgehead atoms. The molecule has 0 aliphatic carbocycles. The van der Waals surface area contributed by atoms with Gasteiger partial charge in [0.25, 0.3) is 0 Å². The van der Waals surface area contributed by atoms with Crippen LogP contribution in [0.1, 0.15) is 27.9 Å². The van der Waals surface area contributed by atoms with Crippen molar-refractivity contribution < 1.29 is 4.79 Å². The van der Waals surface area contributed by atoms with Crippen LogP contribution in [-0.2, 0) is 6.54 Å². The normalized spacial score (nSPS) is 16.0. The average molecular weight is 348 g/mol. The maximum atomic E-state index is 11.2. The standard InChI is InChI=1S/C21H24N4O/c1-24-9-2-10-25(12-11-24)15-16-3-8-20(19(13-16)14-22)17-4-6-18(7-5-17)21(23)26/h3-8,13H,2,9-12,15H2,1H3,(H2,23,26). The summed E-state index contributed by atoms with van der Waals surface area (Å²) in [6, 6.07) is 15.4. The Morgan fingerprint density at radius 3 is 2.58 bits per heavy atom. The molecule has 1 heterocycles. The van der Waals surface area contributed by atoms with E-state index in [2.05, 4.69) is 29.0 Å². The zero-order chi connectivity index (χ0) is 18.5. The Bertz CT molecular complexity index is 823. The smallest absolute Gasteiger partial charge is 0.248 e. The van der Waals surface area contributed by atoms with Gasteiger partial charge in [0, 0.05) is 25.2 Å². The molecular weight excluding hydrogens is 324 g/mol. The number of primary amides is 1. The largest absolute Gasteiger partial charge is 0.366 e. The Morgan fingerprint density at radius 1 is 1.12 bits per heavy atom. The van der Waals surface area contributed by atoms with Gasteiger partial charge in [0.15, 0.2) is 0 Å². The molecule has 134 valence electrons. The number of rotatable bonds is 4. The second kappa shape index (κ2) is 8.13. The van der Waals surface area contributed by atoms with Crippen molar-refractivity contribution in [2.75, 3.05) is 33.2 Å². The first-order valence-corrected chi connectivity index (χ1v) is 8.91. The van der Waals surface area contributed by atoms with E-state index >= 15 is 0 Å². The maximum absolute atomic E-state index is 11.2. The monoisotopic (exact) mass is 348 g/mol. The van der Waals surface area contributed by atoms with Gasteiger partial charge in [-0.1, -0.05) is 24.3 Å². The first-order chi connectivity index (χ1) is 12.6. The van der Waals surface area contributed by atoms with Crippen LogP contribution in [0.25, 0.3) is 11.1 Å². The van der Waals surface area contributed by atoms with Crippen LogP contribution in [0.2, 0.25) is 0 Å². The van der Waals surface area contributed by atoms with Crippen LogP contribution in [0, 0.1) is 11.3 Å². The lowest BCUT2D eigenvalue weighted by Crippen LogP contribution is -2.28. The number of nitriles is 1. The Kier molecular flexibility index (Phi) is 5.67. The van der Waals surface area contributed by atoms with E-state index in [4.69, 9.17) is 5.73 Å². The molecule has 26 heavy (non-hydrogen) atoms. The van der Waals surface area contributed by atoms with Crippen LogP contribution in [0.15, 0.2) is 42.5 Å². The molecule has 3 rings (SSSR count). The third-order valence-electron chi connectivity index (χ3n) is 4.90. The van der Waals surface area contributed by atoms with Crippen molar-refractivity contribution >= 4 is 5.91 Å². The lowest BCUT2D eigenvalue weighted by molar-refractivity contribution is 0.100.